The Balaban J connectivity index is 1.80. The number of likely N-dealkylation sites (N-methyl/N-ethyl adjacent to an activating group) is 1. The van der Waals surface area contributed by atoms with E-state index in [0.29, 0.717) is 12.3 Å². The number of hydrogen-bond acceptors (Lipinski definition) is 6. The van der Waals surface area contributed by atoms with Crippen LogP contribution in [0, 0.1) is 13.8 Å². The first-order valence-electron chi connectivity index (χ1n) is 9.79. The van der Waals surface area contributed by atoms with Crippen LogP contribution in [0.4, 0.5) is 0 Å². The molecule has 146 valence electrons. The fraction of sp³-hybridized carbons (Fsp3) is 0.600. The minimum absolute atomic E-state index is 0.200. The molecule has 3 rings (SSSR count). The zero-order chi connectivity index (χ0) is 19.4. The van der Waals surface area contributed by atoms with E-state index in [4.69, 9.17) is 9.51 Å². The van der Waals surface area contributed by atoms with Crippen molar-refractivity contribution in [1.29, 1.82) is 0 Å². The smallest absolute Gasteiger partial charge is 0.236 e. The van der Waals surface area contributed by atoms with Gasteiger partial charge >= 0.3 is 0 Å². The molecule has 7 nitrogen and oxygen atoms in total. The van der Waals surface area contributed by atoms with E-state index in [1.165, 1.54) is 0 Å². The lowest BCUT2D eigenvalue weighted by molar-refractivity contribution is -0.132. The van der Waals surface area contributed by atoms with Gasteiger partial charge in [-0.3, -0.25) is 9.69 Å². The first-order valence-corrected chi connectivity index (χ1v) is 9.79. The monoisotopic (exact) mass is 371 g/mol. The molecule has 27 heavy (non-hydrogen) atoms. The highest BCUT2D eigenvalue weighted by molar-refractivity contribution is 5.78. The first-order chi connectivity index (χ1) is 13.0. The molecule has 1 atom stereocenters. The number of aromatic nitrogens is 3. The average molecular weight is 371 g/mol. The lowest BCUT2D eigenvalue weighted by Gasteiger charge is -2.33. The summed E-state index contributed by atoms with van der Waals surface area (Å²) in [5.74, 6) is 1.91. The Bertz CT molecular complexity index is 784. The highest BCUT2D eigenvalue weighted by atomic mass is 16.5. The number of hydrogen-bond donors (Lipinski definition) is 0. The minimum atomic E-state index is 0.200. The summed E-state index contributed by atoms with van der Waals surface area (Å²) >= 11 is 0. The summed E-state index contributed by atoms with van der Waals surface area (Å²) in [6.45, 7) is 11.6. The van der Waals surface area contributed by atoms with Gasteiger partial charge in [0.05, 0.1) is 23.5 Å². The van der Waals surface area contributed by atoms with Gasteiger partial charge in [0.2, 0.25) is 5.91 Å². The quantitative estimate of drug-likeness (QED) is 0.777. The van der Waals surface area contributed by atoms with E-state index in [1.54, 1.807) is 0 Å². The van der Waals surface area contributed by atoms with Crippen molar-refractivity contribution in [3.05, 3.63) is 29.5 Å². The highest BCUT2D eigenvalue weighted by Gasteiger charge is 2.28. The van der Waals surface area contributed by atoms with Gasteiger partial charge in [0, 0.05) is 37.8 Å². The number of likely N-dealkylation sites (tertiary alicyclic amines) is 1. The minimum Gasteiger partial charge on any atom is -0.356 e. The molecule has 0 aliphatic carbocycles. The third-order valence-corrected chi connectivity index (χ3v) is 5.20. The van der Waals surface area contributed by atoms with Gasteiger partial charge in [0.25, 0.3) is 0 Å². The van der Waals surface area contributed by atoms with Crippen LogP contribution in [0.15, 0.2) is 16.8 Å². The second kappa shape index (κ2) is 8.61. The fourth-order valence-corrected chi connectivity index (χ4v) is 3.77. The molecule has 1 saturated heterocycles. The lowest BCUT2D eigenvalue weighted by atomic mass is 9.91. The van der Waals surface area contributed by atoms with Crippen LogP contribution in [-0.2, 0) is 4.79 Å². The van der Waals surface area contributed by atoms with Crippen LogP contribution in [0.2, 0.25) is 0 Å². The molecule has 0 bridgehead atoms. The third kappa shape index (κ3) is 4.53. The number of aryl methyl sites for hydroxylation is 2. The molecular formula is C20H29N5O2. The molecule has 1 amide bonds. The van der Waals surface area contributed by atoms with E-state index < -0.39 is 0 Å². The van der Waals surface area contributed by atoms with E-state index in [2.05, 4.69) is 15.0 Å². The molecule has 0 unspecified atom stereocenters. The molecule has 1 aliphatic heterocycles. The molecule has 0 saturated carbocycles. The Kier molecular flexibility index (Phi) is 6.21. The number of carbonyl (C=O) groups excluding carboxylic acids is 1. The van der Waals surface area contributed by atoms with Crippen molar-refractivity contribution in [3.63, 3.8) is 0 Å². The first kappa shape index (κ1) is 19.5. The van der Waals surface area contributed by atoms with E-state index in [9.17, 15) is 4.79 Å². The summed E-state index contributed by atoms with van der Waals surface area (Å²) < 4.78 is 5.47. The van der Waals surface area contributed by atoms with E-state index in [1.807, 2.05) is 44.9 Å². The van der Waals surface area contributed by atoms with Gasteiger partial charge < -0.3 is 9.42 Å². The number of carbonyl (C=O) groups is 1. The van der Waals surface area contributed by atoms with Gasteiger partial charge in [0.15, 0.2) is 5.76 Å². The molecule has 7 heteroatoms. The molecule has 3 heterocycles. The zero-order valence-corrected chi connectivity index (χ0v) is 16.7. The van der Waals surface area contributed by atoms with Gasteiger partial charge in [0.1, 0.15) is 5.82 Å². The molecule has 1 fully saturated rings. The van der Waals surface area contributed by atoms with Crippen LogP contribution in [0.25, 0.3) is 11.3 Å². The number of rotatable bonds is 6. The van der Waals surface area contributed by atoms with Crippen LogP contribution < -0.4 is 0 Å². The zero-order valence-electron chi connectivity index (χ0n) is 16.7. The predicted octanol–water partition coefficient (Wildman–Crippen LogP) is 2.80. The summed E-state index contributed by atoms with van der Waals surface area (Å²) in [4.78, 5) is 25.7. The Morgan fingerprint density at radius 2 is 2.11 bits per heavy atom. The highest BCUT2D eigenvalue weighted by Crippen LogP contribution is 2.33. The van der Waals surface area contributed by atoms with Gasteiger partial charge in [-0.25, -0.2) is 9.97 Å². The number of piperidine rings is 1. The van der Waals surface area contributed by atoms with Crippen molar-refractivity contribution in [2.75, 3.05) is 32.7 Å². The summed E-state index contributed by atoms with van der Waals surface area (Å²) in [6.07, 6.45) is 3.93. The van der Waals surface area contributed by atoms with E-state index >= 15 is 0 Å². The van der Waals surface area contributed by atoms with Crippen LogP contribution >= 0.6 is 0 Å². The lowest BCUT2D eigenvalue weighted by Crippen LogP contribution is -2.43. The maximum absolute atomic E-state index is 12.5. The molecule has 0 aromatic carbocycles. The van der Waals surface area contributed by atoms with Crippen molar-refractivity contribution < 1.29 is 9.32 Å². The summed E-state index contributed by atoms with van der Waals surface area (Å²) in [5.41, 5.74) is 2.74. The Morgan fingerprint density at radius 1 is 1.33 bits per heavy atom. The van der Waals surface area contributed by atoms with Crippen LogP contribution in [0.5, 0.6) is 0 Å². The maximum atomic E-state index is 12.5. The van der Waals surface area contributed by atoms with Crippen LogP contribution in [0.1, 0.15) is 49.8 Å². The Morgan fingerprint density at radius 3 is 2.78 bits per heavy atom. The molecule has 0 N–H and O–H groups in total. The molecule has 2 aromatic heterocycles. The SMILES string of the molecule is CCN(CC)C(=O)CN1CCC[C@H](c2nc(C)ncc2-c2cc(C)no2)C1. The second-order valence-electron chi connectivity index (χ2n) is 7.19. The molecular weight excluding hydrogens is 342 g/mol. The number of nitrogens with zero attached hydrogens (tertiary/aromatic N) is 5. The second-order valence-corrected chi connectivity index (χ2v) is 7.19. The summed E-state index contributed by atoms with van der Waals surface area (Å²) in [7, 11) is 0. The fourth-order valence-electron chi connectivity index (χ4n) is 3.77. The van der Waals surface area contributed by atoms with Gasteiger partial charge in [-0.05, 0) is 47.1 Å². The van der Waals surface area contributed by atoms with Crippen molar-refractivity contribution in [2.24, 2.45) is 0 Å². The van der Waals surface area contributed by atoms with Crippen molar-refractivity contribution in [2.45, 2.75) is 46.5 Å². The normalized spacial score (nSPS) is 17.9. The number of amides is 1. The van der Waals surface area contributed by atoms with Gasteiger partial charge in [-0.1, -0.05) is 5.16 Å². The molecule has 2 aromatic rings. The topological polar surface area (TPSA) is 75.4 Å². The average Bonchev–Trinajstić information content (AvgIpc) is 3.09. The molecule has 0 radical (unpaired) electrons. The summed E-state index contributed by atoms with van der Waals surface area (Å²) in [6, 6.07) is 1.92. The van der Waals surface area contributed by atoms with Gasteiger partial charge in [-0.2, -0.15) is 0 Å². The van der Waals surface area contributed by atoms with E-state index in [0.717, 1.165) is 61.8 Å². The Labute approximate surface area is 160 Å². The van der Waals surface area contributed by atoms with Crippen molar-refractivity contribution in [1.82, 2.24) is 24.9 Å². The molecule has 0 spiro atoms. The third-order valence-electron chi connectivity index (χ3n) is 5.20. The van der Waals surface area contributed by atoms with E-state index in [-0.39, 0.29) is 11.8 Å². The Hall–Kier alpha value is -2.28. The predicted molar refractivity (Wildman–Crippen MR) is 103 cm³/mol. The van der Waals surface area contributed by atoms with Crippen LogP contribution in [0.3, 0.4) is 0 Å². The van der Waals surface area contributed by atoms with Crippen molar-refractivity contribution in [3.8, 4) is 11.3 Å². The molecule has 1 aliphatic rings. The van der Waals surface area contributed by atoms with Crippen molar-refractivity contribution >= 4 is 5.91 Å². The summed E-state index contributed by atoms with van der Waals surface area (Å²) in [5, 5.41) is 4.00. The largest absolute Gasteiger partial charge is 0.356 e. The van der Waals surface area contributed by atoms with Gasteiger partial charge in [-0.15, -0.1) is 0 Å². The standard InChI is InChI=1S/C20H29N5O2/c1-5-25(6-2)19(26)13-24-9-7-8-16(12-24)20-17(11-21-15(4)22-20)18-10-14(3)23-27-18/h10-11,16H,5-9,12-13H2,1-4H3/t16-/m0/s1. The maximum Gasteiger partial charge on any atom is 0.236 e. The van der Waals surface area contributed by atoms with Crippen LogP contribution in [-0.4, -0.2) is 63.6 Å².